The molecule has 1 aromatic heterocycles. The smallest absolute Gasteiger partial charge is 0.129 e. The minimum absolute atomic E-state index is 0.0455. The monoisotopic (exact) mass is 264 g/mol. The Morgan fingerprint density at radius 2 is 2.26 bits per heavy atom. The lowest BCUT2D eigenvalue weighted by molar-refractivity contribution is -0.110. The summed E-state index contributed by atoms with van der Waals surface area (Å²) in [6, 6.07) is 3.87. The highest BCUT2D eigenvalue weighted by Crippen LogP contribution is 2.56. The third kappa shape index (κ3) is 2.03. The van der Waals surface area contributed by atoms with Crippen molar-refractivity contribution in [2.75, 3.05) is 0 Å². The van der Waals surface area contributed by atoms with Gasteiger partial charge in [0.05, 0.1) is 23.6 Å². The molecule has 0 amide bonds. The van der Waals surface area contributed by atoms with Gasteiger partial charge in [0.2, 0.25) is 0 Å². The van der Waals surface area contributed by atoms with E-state index in [2.05, 4.69) is 20.8 Å². The van der Waals surface area contributed by atoms with Crippen LogP contribution in [0.3, 0.4) is 0 Å². The molecule has 2 fully saturated rings. The van der Waals surface area contributed by atoms with Crippen LogP contribution in [0.15, 0.2) is 22.8 Å². The van der Waals surface area contributed by atoms with E-state index in [4.69, 9.17) is 13.9 Å². The summed E-state index contributed by atoms with van der Waals surface area (Å²) in [7, 11) is 0. The van der Waals surface area contributed by atoms with E-state index in [0.717, 1.165) is 25.0 Å². The van der Waals surface area contributed by atoms with Gasteiger partial charge in [-0.3, -0.25) is 0 Å². The molecule has 0 aliphatic carbocycles. The number of fused-ring (bicyclic) bond motifs is 2. The second-order valence-corrected chi connectivity index (χ2v) is 6.32. The van der Waals surface area contributed by atoms with E-state index in [1.165, 1.54) is 6.42 Å². The molecule has 1 aromatic rings. The summed E-state index contributed by atoms with van der Waals surface area (Å²) < 4.78 is 18.0. The lowest BCUT2D eigenvalue weighted by Crippen LogP contribution is -2.40. The van der Waals surface area contributed by atoms with E-state index >= 15 is 0 Å². The Labute approximate surface area is 115 Å². The third-order valence-corrected chi connectivity index (χ3v) is 5.15. The summed E-state index contributed by atoms with van der Waals surface area (Å²) in [5, 5.41) is 0. The quantitative estimate of drug-likeness (QED) is 0.807. The van der Waals surface area contributed by atoms with Gasteiger partial charge >= 0.3 is 0 Å². The van der Waals surface area contributed by atoms with Crippen LogP contribution in [0.1, 0.15) is 52.2 Å². The van der Waals surface area contributed by atoms with Gasteiger partial charge in [-0.05, 0) is 37.3 Å². The Morgan fingerprint density at radius 1 is 1.42 bits per heavy atom. The number of ether oxygens (including phenoxy) is 2. The van der Waals surface area contributed by atoms with Crippen LogP contribution in [-0.2, 0) is 16.1 Å². The molecule has 106 valence electrons. The molecule has 0 spiro atoms. The molecule has 3 heterocycles. The molecule has 2 aliphatic heterocycles. The average Bonchev–Trinajstić information content (AvgIpc) is 3.10. The molecule has 0 aromatic carbocycles. The molecular formula is C16H24O3. The van der Waals surface area contributed by atoms with Crippen LogP contribution in [0.25, 0.3) is 0 Å². The van der Waals surface area contributed by atoms with Crippen LogP contribution in [0.2, 0.25) is 0 Å². The van der Waals surface area contributed by atoms with Crippen molar-refractivity contribution < 1.29 is 13.9 Å². The largest absolute Gasteiger partial charge is 0.467 e. The van der Waals surface area contributed by atoms with Crippen molar-refractivity contribution in [2.24, 2.45) is 5.92 Å². The van der Waals surface area contributed by atoms with Crippen LogP contribution >= 0.6 is 0 Å². The topological polar surface area (TPSA) is 31.6 Å². The van der Waals surface area contributed by atoms with Crippen molar-refractivity contribution in [1.29, 1.82) is 0 Å². The van der Waals surface area contributed by atoms with Gasteiger partial charge in [0, 0.05) is 6.42 Å². The Morgan fingerprint density at radius 3 is 2.89 bits per heavy atom. The Balaban J connectivity index is 1.72. The molecule has 0 radical (unpaired) electrons. The SMILES string of the molecule is CCC12CCC(C(C)C)(CC1OCc1ccco1)O2. The molecular weight excluding hydrogens is 240 g/mol. The molecule has 3 heteroatoms. The summed E-state index contributed by atoms with van der Waals surface area (Å²) >= 11 is 0. The highest BCUT2D eigenvalue weighted by molar-refractivity contribution is 5.11. The Hall–Kier alpha value is -0.800. The van der Waals surface area contributed by atoms with Gasteiger partial charge in [-0.25, -0.2) is 0 Å². The zero-order chi connectivity index (χ0) is 13.5. The van der Waals surface area contributed by atoms with E-state index in [9.17, 15) is 0 Å². The van der Waals surface area contributed by atoms with Crippen molar-refractivity contribution in [3.63, 3.8) is 0 Å². The van der Waals surface area contributed by atoms with E-state index in [1.807, 2.05) is 12.1 Å². The second-order valence-electron chi connectivity index (χ2n) is 6.32. The maximum atomic E-state index is 6.49. The van der Waals surface area contributed by atoms with E-state index in [-0.39, 0.29) is 17.3 Å². The molecule has 19 heavy (non-hydrogen) atoms. The van der Waals surface area contributed by atoms with Gasteiger partial charge in [-0.15, -0.1) is 0 Å². The van der Waals surface area contributed by atoms with Crippen LogP contribution in [0.5, 0.6) is 0 Å². The van der Waals surface area contributed by atoms with Crippen LogP contribution in [0, 0.1) is 5.92 Å². The van der Waals surface area contributed by atoms with Gasteiger partial charge < -0.3 is 13.9 Å². The minimum Gasteiger partial charge on any atom is -0.467 e. The van der Waals surface area contributed by atoms with Gasteiger partial charge in [-0.2, -0.15) is 0 Å². The standard InChI is InChI=1S/C16H24O3/c1-4-15-7-8-16(19-15,12(2)3)10-14(15)18-11-13-6-5-9-17-13/h5-6,9,12,14H,4,7-8,10-11H2,1-3H3. The van der Waals surface area contributed by atoms with Crippen molar-refractivity contribution >= 4 is 0 Å². The van der Waals surface area contributed by atoms with Crippen molar-refractivity contribution in [1.82, 2.24) is 0 Å². The number of hydrogen-bond donors (Lipinski definition) is 0. The van der Waals surface area contributed by atoms with E-state index in [0.29, 0.717) is 12.5 Å². The molecule has 3 unspecified atom stereocenters. The zero-order valence-electron chi connectivity index (χ0n) is 12.1. The maximum absolute atomic E-state index is 6.49. The molecule has 2 bridgehead atoms. The van der Waals surface area contributed by atoms with Gasteiger partial charge in [0.1, 0.15) is 12.4 Å². The fraction of sp³-hybridized carbons (Fsp3) is 0.750. The fourth-order valence-corrected chi connectivity index (χ4v) is 3.71. The predicted molar refractivity (Wildman–Crippen MR) is 72.8 cm³/mol. The normalized spacial score (nSPS) is 37.4. The molecule has 2 saturated heterocycles. The molecule has 2 aliphatic rings. The molecule has 0 N–H and O–H groups in total. The van der Waals surface area contributed by atoms with Gasteiger partial charge in [0.15, 0.2) is 0 Å². The van der Waals surface area contributed by atoms with Crippen LogP contribution in [0.4, 0.5) is 0 Å². The van der Waals surface area contributed by atoms with Crippen LogP contribution < -0.4 is 0 Å². The number of rotatable bonds is 5. The first-order valence-corrected chi connectivity index (χ1v) is 7.44. The van der Waals surface area contributed by atoms with Gasteiger partial charge in [0.25, 0.3) is 0 Å². The fourth-order valence-electron chi connectivity index (χ4n) is 3.71. The first-order chi connectivity index (χ1) is 9.10. The Kier molecular flexibility index (Phi) is 3.22. The summed E-state index contributed by atoms with van der Waals surface area (Å²) in [5.41, 5.74) is -0.0132. The Bertz CT molecular complexity index is 425. The summed E-state index contributed by atoms with van der Waals surface area (Å²) in [6.45, 7) is 7.29. The van der Waals surface area contributed by atoms with Crippen LogP contribution in [-0.4, -0.2) is 17.3 Å². The van der Waals surface area contributed by atoms with Crippen molar-refractivity contribution in [2.45, 2.75) is 70.4 Å². The first kappa shape index (κ1) is 13.2. The highest BCUT2D eigenvalue weighted by Gasteiger charge is 2.62. The lowest BCUT2D eigenvalue weighted by Gasteiger charge is -2.32. The molecule has 0 saturated carbocycles. The van der Waals surface area contributed by atoms with Crippen molar-refractivity contribution in [3.05, 3.63) is 24.2 Å². The van der Waals surface area contributed by atoms with E-state index in [1.54, 1.807) is 6.26 Å². The first-order valence-electron chi connectivity index (χ1n) is 7.44. The average molecular weight is 264 g/mol. The lowest BCUT2D eigenvalue weighted by atomic mass is 9.74. The predicted octanol–water partition coefficient (Wildman–Crippen LogP) is 3.92. The minimum atomic E-state index is -0.0587. The third-order valence-electron chi connectivity index (χ3n) is 5.15. The summed E-state index contributed by atoms with van der Waals surface area (Å²) in [4.78, 5) is 0. The maximum Gasteiger partial charge on any atom is 0.129 e. The van der Waals surface area contributed by atoms with E-state index < -0.39 is 0 Å². The second kappa shape index (κ2) is 4.64. The summed E-state index contributed by atoms with van der Waals surface area (Å²) in [6.07, 6.45) is 6.27. The highest BCUT2D eigenvalue weighted by atomic mass is 16.6. The molecule has 3 atom stereocenters. The zero-order valence-corrected chi connectivity index (χ0v) is 12.1. The van der Waals surface area contributed by atoms with Gasteiger partial charge in [-0.1, -0.05) is 20.8 Å². The number of furan rings is 1. The van der Waals surface area contributed by atoms with Crippen molar-refractivity contribution in [3.8, 4) is 0 Å². The summed E-state index contributed by atoms with van der Waals surface area (Å²) in [5.74, 6) is 1.45. The number of hydrogen-bond acceptors (Lipinski definition) is 3. The molecule has 3 nitrogen and oxygen atoms in total. The molecule has 3 rings (SSSR count).